The fraction of sp³-hybridized carbons (Fsp3) is 0.182. The van der Waals surface area contributed by atoms with E-state index in [-0.39, 0.29) is 12.6 Å². The van der Waals surface area contributed by atoms with E-state index in [1.807, 2.05) is 6.92 Å². The van der Waals surface area contributed by atoms with Crippen LogP contribution in [0.25, 0.3) is 22.5 Å². The standard InChI is InChI=1S/C22H18N4O5/c1-11-20-14(7-16(17-5-4-6-29-17)23-21(20)26(3)25-11)22(28)24-15-9-19-18(30-10-31-19)8-13(15)12(2)27/h4-9H,10H2,1-3H3,(H,24,28). The van der Waals surface area contributed by atoms with Crippen molar-refractivity contribution in [3.63, 3.8) is 0 Å². The molecule has 0 saturated carbocycles. The molecule has 4 aromatic rings. The van der Waals surface area contributed by atoms with Crippen LogP contribution in [0.4, 0.5) is 5.69 Å². The van der Waals surface area contributed by atoms with Crippen molar-refractivity contribution in [1.29, 1.82) is 0 Å². The molecule has 0 atom stereocenters. The van der Waals surface area contributed by atoms with E-state index in [0.29, 0.717) is 56.5 Å². The Hall–Kier alpha value is -4.14. The monoisotopic (exact) mass is 418 g/mol. The van der Waals surface area contributed by atoms with Gasteiger partial charge in [-0.3, -0.25) is 14.3 Å². The summed E-state index contributed by atoms with van der Waals surface area (Å²) in [6.07, 6.45) is 1.54. The third kappa shape index (κ3) is 3.10. The molecule has 1 amide bonds. The molecule has 0 bridgehead atoms. The second-order valence-electron chi connectivity index (χ2n) is 7.20. The molecule has 4 heterocycles. The lowest BCUT2D eigenvalue weighted by Gasteiger charge is -2.12. The van der Waals surface area contributed by atoms with Gasteiger partial charge in [0.2, 0.25) is 6.79 Å². The van der Waals surface area contributed by atoms with Gasteiger partial charge in [0.15, 0.2) is 28.7 Å². The van der Waals surface area contributed by atoms with Crippen LogP contribution in [0.1, 0.15) is 33.3 Å². The molecule has 1 aliphatic rings. The quantitative estimate of drug-likeness (QED) is 0.503. The smallest absolute Gasteiger partial charge is 0.256 e. The van der Waals surface area contributed by atoms with E-state index in [1.54, 1.807) is 48.3 Å². The summed E-state index contributed by atoms with van der Waals surface area (Å²) in [6.45, 7) is 3.31. The number of benzene rings is 1. The third-order valence-corrected chi connectivity index (χ3v) is 5.13. The van der Waals surface area contributed by atoms with Gasteiger partial charge in [-0.1, -0.05) is 0 Å². The fourth-order valence-corrected chi connectivity index (χ4v) is 3.70. The molecule has 1 aliphatic heterocycles. The molecule has 156 valence electrons. The Morgan fingerprint density at radius 2 is 1.90 bits per heavy atom. The van der Waals surface area contributed by atoms with Crippen molar-refractivity contribution < 1.29 is 23.5 Å². The molecule has 5 rings (SSSR count). The number of hydrogen-bond acceptors (Lipinski definition) is 7. The first-order valence-corrected chi connectivity index (χ1v) is 9.56. The van der Waals surface area contributed by atoms with Crippen LogP contribution >= 0.6 is 0 Å². The van der Waals surface area contributed by atoms with E-state index < -0.39 is 5.91 Å². The molecule has 0 unspecified atom stereocenters. The highest BCUT2D eigenvalue weighted by molar-refractivity contribution is 6.15. The molecule has 3 aromatic heterocycles. The Balaban J connectivity index is 1.63. The summed E-state index contributed by atoms with van der Waals surface area (Å²) in [5, 5.41) is 7.88. The first-order valence-electron chi connectivity index (χ1n) is 9.56. The number of aromatic nitrogens is 3. The Labute approximate surface area is 176 Å². The van der Waals surface area contributed by atoms with Gasteiger partial charge in [-0.15, -0.1) is 0 Å². The lowest BCUT2D eigenvalue weighted by atomic mass is 10.1. The summed E-state index contributed by atoms with van der Waals surface area (Å²) >= 11 is 0. The van der Waals surface area contributed by atoms with E-state index in [1.165, 1.54) is 6.92 Å². The normalized spacial score (nSPS) is 12.4. The number of pyridine rings is 1. The largest absolute Gasteiger partial charge is 0.463 e. The number of furan rings is 1. The maximum atomic E-state index is 13.4. The molecule has 9 heteroatoms. The highest BCUT2D eigenvalue weighted by Crippen LogP contribution is 2.38. The van der Waals surface area contributed by atoms with Crippen LogP contribution < -0.4 is 14.8 Å². The van der Waals surface area contributed by atoms with Gasteiger partial charge in [-0.25, -0.2) is 4.98 Å². The van der Waals surface area contributed by atoms with Gasteiger partial charge in [0.25, 0.3) is 5.91 Å². The predicted octanol–water partition coefficient (Wildman–Crippen LogP) is 3.72. The molecule has 31 heavy (non-hydrogen) atoms. The summed E-state index contributed by atoms with van der Waals surface area (Å²) in [6, 6.07) is 8.35. The first kappa shape index (κ1) is 18.9. The number of anilines is 1. The predicted molar refractivity (Wildman–Crippen MR) is 111 cm³/mol. The van der Waals surface area contributed by atoms with Gasteiger partial charge in [0, 0.05) is 18.7 Å². The average molecular weight is 418 g/mol. The van der Waals surface area contributed by atoms with Crippen molar-refractivity contribution in [3.8, 4) is 23.0 Å². The third-order valence-electron chi connectivity index (χ3n) is 5.13. The fourth-order valence-electron chi connectivity index (χ4n) is 3.70. The maximum absolute atomic E-state index is 13.4. The molecular weight excluding hydrogens is 400 g/mol. The minimum atomic E-state index is -0.405. The molecule has 1 N–H and O–H groups in total. The van der Waals surface area contributed by atoms with Crippen molar-refractivity contribution in [1.82, 2.24) is 14.8 Å². The zero-order chi connectivity index (χ0) is 21.7. The number of Topliss-reactive ketones (excluding diaryl/α,β-unsaturated/α-hetero) is 1. The number of hydrogen-bond donors (Lipinski definition) is 1. The number of ether oxygens (including phenoxy) is 2. The lowest BCUT2D eigenvalue weighted by molar-refractivity contribution is 0.101. The number of amides is 1. The van der Waals surface area contributed by atoms with E-state index in [4.69, 9.17) is 13.9 Å². The van der Waals surface area contributed by atoms with Crippen LogP contribution in [-0.4, -0.2) is 33.2 Å². The van der Waals surface area contributed by atoms with Gasteiger partial charge < -0.3 is 19.2 Å². The van der Waals surface area contributed by atoms with Gasteiger partial charge in [0.05, 0.1) is 28.6 Å². The Bertz CT molecular complexity index is 1350. The number of nitrogens with zero attached hydrogens (tertiary/aromatic N) is 3. The highest BCUT2D eigenvalue weighted by Gasteiger charge is 2.24. The number of ketones is 1. The topological polar surface area (TPSA) is 108 Å². The van der Waals surface area contributed by atoms with Gasteiger partial charge >= 0.3 is 0 Å². The Kier molecular flexibility index (Phi) is 4.25. The van der Waals surface area contributed by atoms with E-state index in [0.717, 1.165) is 0 Å². The van der Waals surface area contributed by atoms with E-state index in [2.05, 4.69) is 15.4 Å². The van der Waals surface area contributed by atoms with Crippen LogP contribution in [0.2, 0.25) is 0 Å². The number of fused-ring (bicyclic) bond motifs is 2. The molecular formula is C22H18N4O5. The Morgan fingerprint density at radius 1 is 1.13 bits per heavy atom. The molecule has 1 aromatic carbocycles. The zero-order valence-electron chi connectivity index (χ0n) is 17.1. The van der Waals surface area contributed by atoms with Gasteiger partial charge in [0.1, 0.15) is 5.69 Å². The van der Waals surface area contributed by atoms with E-state index >= 15 is 0 Å². The highest BCUT2D eigenvalue weighted by atomic mass is 16.7. The number of nitrogens with one attached hydrogen (secondary N) is 1. The average Bonchev–Trinajstić information content (AvgIpc) is 3.48. The second-order valence-corrected chi connectivity index (χ2v) is 7.20. The summed E-state index contributed by atoms with van der Waals surface area (Å²) in [7, 11) is 1.77. The van der Waals surface area contributed by atoms with Crippen molar-refractivity contribution in [2.45, 2.75) is 13.8 Å². The first-order chi connectivity index (χ1) is 14.9. The van der Waals surface area contributed by atoms with Crippen LogP contribution in [0, 0.1) is 6.92 Å². The lowest BCUT2D eigenvalue weighted by Crippen LogP contribution is -2.15. The van der Waals surface area contributed by atoms with Crippen molar-refractivity contribution >= 4 is 28.4 Å². The molecule has 0 radical (unpaired) electrons. The number of carbonyl (C=O) groups excluding carboxylic acids is 2. The number of rotatable bonds is 4. The zero-order valence-corrected chi connectivity index (χ0v) is 17.1. The molecule has 0 fully saturated rings. The molecule has 9 nitrogen and oxygen atoms in total. The minimum Gasteiger partial charge on any atom is -0.463 e. The molecule has 0 saturated heterocycles. The number of aryl methyl sites for hydroxylation is 2. The van der Waals surface area contributed by atoms with Crippen LogP contribution in [-0.2, 0) is 7.05 Å². The SMILES string of the molecule is CC(=O)c1cc2c(cc1NC(=O)c1cc(-c3ccco3)nc3c1c(C)nn3C)OCO2. The summed E-state index contributed by atoms with van der Waals surface area (Å²) in [4.78, 5) is 30.2. The van der Waals surface area contributed by atoms with E-state index in [9.17, 15) is 9.59 Å². The molecule has 0 aliphatic carbocycles. The summed E-state index contributed by atoms with van der Waals surface area (Å²) in [5.41, 5.74) is 2.76. The van der Waals surface area contributed by atoms with Gasteiger partial charge in [-0.2, -0.15) is 5.10 Å². The second kappa shape index (κ2) is 6.98. The van der Waals surface area contributed by atoms with Crippen molar-refractivity contribution in [2.75, 3.05) is 12.1 Å². The Morgan fingerprint density at radius 3 is 2.61 bits per heavy atom. The summed E-state index contributed by atoms with van der Waals surface area (Å²) < 4.78 is 17.8. The van der Waals surface area contributed by atoms with Crippen LogP contribution in [0.15, 0.2) is 41.0 Å². The minimum absolute atomic E-state index is 0.0659. The van der Waals surface area contributed by atoms with Crippen LogP contribution in [0.5, 0.6) is 11.5 Å². The van der Waals surface area contributed by atoms with Crippen LogP contribution in [0.3, 0.4) is 0 Å². The summed E-state index contributed by atoms with van der Waals surface area (Å²) in [5.74, 6) is 0.856. The van der Waals surface area contributed by atoms with Crippen molar-refractivity contribution in [3.05, 3.63) is 53.4 Å². The van der Waals surface area contributed by atoms with Crippen molar-refractivity contribution in [2.24, 2.45) is 7.05 Å². The van der Waals surface area contributed by atoms with Gasteiger partial charge in [-0.05, 0) is 38.1 Å². The number of carbonyl (C=O) groups is 2. The molecule has 0 spiro atoms. The maximum Gasteiger partial charge on any atom is 0.256 e.